The van der Waals surface area contributed by atoms with Crippen LogP contribution in [0.3, 0.4) is 0 Å². The summed E-state index contributed by atoms with van der Waals surface area (Å²) in [6.45, 7) is 7.04. The lowest BCUT2D eigenvalue weighted by atomic mass is 9.74. The number of benzene rings is 8. The molecule has 0 aliphatic heterocycles. The summed E-state index contributed by atoms with van der Waals surface area (Å²) in [7, 11) is 0. The predicted octanol–water partition coefficient (Wildman–Crippen LogP) is 14.6. The highest BCUT2D eigenvalue weighted by atomic mass is 16.3. The summed E-state index contributed by atoms with van der Waals surface area (Å²) >= 11 is 0. The van der Waals surface area contributed by atoms with Gasteiger partial charge in [0.2, 0.25) is 0 Å². The van der Waals surface area contributed by atoms with Crippen molar-refractivity contribution >= 4 is 60.9 Å². The van der Waals surface area contributed by atoms with E-state index in [1.54, 1.807) is 0 Å². The molecule has 0 spiro atoms. The van der Waals surface area contributed by atoms with Crippen LogP contribution in [0.2, 0.25) is 0 Å². The van der Waals surface area contributed by atoms with E-state index in [1.165, 1.54) is 44.5 Å². The van der Waals surface area contributed by atoms with Gasteiger partial charge in [-0.05, 0) is 81.8 Å². The summed E-state index contributed by atoms with van der Waals surface area (Å²) in [5, 5.41) is 4.38. The van der Waals surface area contributed by atoms with Gasteiger partial charge in [0, 0.05) is 43.6 Å². The maximum absolute atomic E-state index is 7.33. The van der Waals surface area contributed by atoms with Gasteiger partial charge in [0.1, 0.15) is 11.2 Å². The van der Waals surface area contributed by atoms with E-state index in [1.807, 2.05) is 6.07 Å². The molecule has 12 rings (SSSR count). The average Bonchev–Trinajstić information content (AvgIpc) is 3.95. The molecule has 3 heteroatoms. The Bertz CT molecular complexity index is 3220. The second-order valence-electron chi connectivity index (χ2n) is 16.1. The zero-order chi connectivity index (χ0) is 37.3. The molecular weight excluding hydrogens is 683 g/mol. The van der Waals surface area contributed by atoms with Crippen LogP contribution in [-0.2, 0) is 10.8 Å². The zero-order valence-electron chi connectivity index (χ0n) is 31.4. The third-order valence-corrected chi connectivity index (χ3v) is 13.0. The Morgan fingerprint density at radius 3 is 1.55 bits per heavy atom. The monoisotopic (exact) mass is 719 g/mol. The van der Waals surface area contributed by atoms with Crippen molar-refractivity contribution in [1.29, 1.82) is 0 Å². The molecule has 0 saturated heterocycles. The lowest BCUT2D eigenvalue weighted by molar-refractivity contribution is 0.638. The molecule has 0 unspecified atom stereocenters. The zero-order valence-corrected chi connectivity index (χ0v) is 31.4. The Morgan fingerprint density at radius 1 is 0.375 bits per heavy atom. The highest BCUT2D eigenvalue weighted by Gasteiger charge is 2.42. The Morgan fingerprint density at radius 2 is 0.857 bits per heavy atom. The molecule has 10 aromatic rings. The van der Waals surface area contributed by atoms with Crippen LogP contribution >= 0.6 is 0 Å². The SMILES string of the molecule is CC1(C)c2ccccc2-c2ccc(N(c3cccc4c3oc3ccccc34)c3cccc4c3oc3c(C5(C)c6ccccc6-c6ccccc65)cccc34)cc21. The van der Waals surface area contributed by atoms with Crippen LogP contribution in [0.4, 0.5) is 17.1 Å². The normalized spacial score (nSPS) is 14.6. The van der Waals surface area contributed by atoms with Crippen molar-refractivity contribution in [3.8, 4) is 22.3 Å². The van der Waals surface area contributed by atoms with Crippen LogP contribution in [0.1, 0.15) is 48.6 Å². The first-order valence-electron chi connectivity index (χ1n) is 19.5. The molecule has 0 bridgehead atoms. The molecule has 0 radical (unpaired) electrons. The first-order chi connectivity index (χ1) is 27.4. The minimum atomic E-state index is -0.402. The van der Waals surface area contributed by atoms with Crippen molar-refractivity contribution in [3.05, 3.63) is 198 Å². The third-order valence-electron chi connectivity index (χ3n) is 13.0. The van der Waals surface area contributed by atoms with Crippen molar-refractivity contribution in [2.24, 2.45) is 0 Å². The molecule has 3 nitrogen and oxygen atoms in total. The summed E-state index contributed by atoms with van der Waals surface area (Å²) in [5.74, 6) is 0. The Hall–Kier alpha value is -6.84. The van der Waals surface area contributed by atoms with E-state index in [4.69, 9.17) is 8.83 Å². The smallest absolute Gasteiger partial charge is 0.159 e. The Kier molecular flexibility index (Phi) is 6.25. The van der Waals surface area contributed by atoms with Crippen molar-refractivity contribution in [3.63, 3.8) is 0 Å². The molecule has 2 aliphatic carbocycles. The van der Waals surface area contributed by atoms with E-state index in [0.29, 0.717) is 0 Å². The number of anilines is 3. The second-order valence-corrected chi connectivity index (χ2v) is 16.1. The molecule has 8 aromatic carbocycles. The fraction of sp³-hybridized carbons (Fsp3) is 0.0943. The molecule has 0 amide bonds. The highest BCUT2D eigenvalue weighted by Crippen LogP contribution is 2.56. The summed E-state index contributed by atoms with van der Waals surface area (Å²) in [6, 6.07) is 61.5. The van der Waals surface area contributed by atoms with Gasteiger partial charge < -0.3 is 13.7 Å². The van der Waals surface area contributed by atoms with Gasteiger partial charge in [0.25, 0.3) is 0 Å². The lowest BCUT2D eigenvalue weighted by Crippen LogP contribution is -2.22. The van der Waals surface area contributed by atoms with E-state index < -0.39 is 5.41 Å². The number of nitrogens with zero attached hydrogens (tertiary/aromatic N) is 1. The maximum Gasteiger partial charge on any atom is 0.159 e. The van der Waals surface area contributed by atoms with Crippen LogP contribution < -0.4 is 4.90 Å². The Labute approximate surface area is 325 Å². The van der Waals surface area contributed by atoms with Gasteiger partial charge in [-0.15, -0.1) is 0 Å². The molecule has 2 aliphatic rings. The number of rotatable bonds is 4. The molecule has 0 fully saturated rings. The van der Waals surface area contributed by atoms with E-state index in [9.17, 15) is 0 Å². The highest BCUT2D eigenvalue weighted by molar-refractivity contribution is 6.14. The molecule has 56 heavy (non-hydrogen) atoms. The van der Waals surface area contributed by atoms with Crippen molar-refractivity contribution in [2.75, 3.05) is 4.90 Å². The second kappa shape index (κ2) is 11.1. The van der Waals surface area contributed by atoms with Crippen molar-refractivity contribution in [1.82, 2.24) is 0 Å². The average molecular weight is 720 g/mol. The first kappa shape index (κ1) is 31.5. The lowest BCUT2D eigenvalue weighted by Gasteiger charge is -2.28. The molecule has 0 saturated carbocycles. The van der Waals surface area contributed by atoms with E-state index in [2.05, 4.69) is 189 Å². The van der Waals surface area contributed by atoms with Gasteiger partial charge in [0.05, 0.1) is 11.4 Å². The fourth-order valence-electron chi connectivity index (χ4n) is 10.3. The predicted molar refractivity (Wildman–Crippen MR) is 231 cm³/mol. The van der Waals surface area contributed by atoms with Crippen LogP contribution in [0.25, 0.3) is 66.1 Å². The van der Waals surface area contributed by atoms with Gasteiger partial charge in [-0.1, -0.05) is 153 Å². The number of furan rings is 2. The standard InChI is InChI=1S/C53H37NO2/c1-52(2)41-22-8-4-15-33(41)36-30-29-32(31-45(36)52)54(46-26-13-20-38-37-18-7-11-28-48(37)55-50(38)46)47-27-14-21-40-39-19-12-25-44(49(39)56-51(40)47)53(3)42-23-9-5-16-34(42)35-17-6-10-24-43(35)53/h4-31H,1-3H3. The number of para-hydroxylation sites is 4. The summed E-state index contributed by atoms with van der Waals surface area (Å²) in [6.07, 6.45) is 0. The molecule has 2 heterocycles. The summed E-state index contributed by atoms with van der Waals surface area (Å²) < 4.78 is 14.1. The number of fused-ring (bicyclic) bond motifs is 12. The maximum atomic E-state index is 7.33. The number of hydrogen-bond donors (Lipinski definition) is 0. The van der Waals surface area contributed by atoms with Crippen molar-refractivity contribution in [2.45, 2.75) is 31.6 Å². The van der Waals surface area contributed by atoms with Gasteiger partial charge >= 0.3 is 0 Å². The van der Waals surface area contributed by atoms with E-state index in [0.717, 1.165) is 66.5 Å². The molecule has 2 aromatic heterocycles. The summed E-state index contributed by atoms with van der Waals surface area (Å²) in [5.41, 5.74) is 17.5. The third kappa shape index (κ3) is 4.02. The van der Waals surface area contributed by atoms with Gasteiger partial charge in [-0.3, -0.25) is 0 Å². The molecule has 0 atom stereocenters. The largest absolute Gasteiger partial charge is 0.454 e. The van der Waals surface area contributed by atoms with Crippen LogP contribution in [0.5, 0.6) is 0 Å². The van der Waals surface area contributed by atoms with Gasteiger partial charge in [0.15, 0.2) is 11.2 Å². The van der Waals surface area contributed by atoms with E-state index >= 15 is 0 Å². The van der Waals surface area contributed by atoms with Gasteiger partial charge in [-0.25, -0.2) is 0 Å². The number of hydrogen-bond acceptors (Lipinski definition) is 3. The quantitative estimate of drug-likeness (QED) is 0.181. The summed E-state index contributed by atoms with van der Waals surface area (Å²) in [4.78, 5) is 2.36. The van der Waals surface area contributed by atoms with Crippen LogP contribution in [0.15, 0.2) is 179 Å². The first-order valence-corrected chi connectivity index (χ1v) is 19.5. The van der Waals surface area contributed by atoms with Crippen LogP contribution in [-0.4, -0.2) is 0 Å². The van der Waals surface area contributed by atoms with Gasteiger partial charge in [-0.2, -0.15) is 0 Å². The minimum absolute atomic E-state index is 0.164. The van der Waals surface area contributed by atoms with Crippen LogP contribution in [0, 0.1) is 0 Å². The molecular formula is C53H37NO2. The fourth-order valence-corrected chi connectivity index (χ4v) is 10.3. The molecule has 0 N–H and O–H groups in total. The Balaban J connectivity index is 1.14. The minimum Gasteiger partial charge on any atom is -0.454 e. The van der Waals surface area contributed by atoms with E-state index in [-0.39, 0.29) is 5.41 Å². The van der Waals surface area contributed by atoms with Crippen molar-refractivity contribution < 1.29 is 8.83 Å². The topological polar surface area (TPSA) is 29.5 Å². The molecule has 266 valence electrons.